The number of hydrogen-bond donors (Lipinski definition) is 1. The monoisotopic (exact) mass is 244 g/mol. The maximum atomic E-state index is 10.1. The van der Waals surface area contributed by atoms with Crippen molar-refractivity contribution in [2.75, 3.05) is 11.0 Å². The van der Waals surface area contributed by atoms with Crippen molar-refractivity contribution in [2.45, 2.75) is 13.0 Å². The molecule has 1 atom stereocenters. The fraction of sp³-hybridized carbons (Fsp3) is 0.800. The van der Waals surface area contributed by atoms with Gasteiger partial charge in [-0.3, -0.25) is 0 Å². The first kappa shape index (κ1) is 9.16. The Morgan fingerprint density at radius 1 is 1.89 bits per heavy atom. The van der Waals surface area contributed by atoms with Crippen LogP contribution in [0, 0.1) is 0 Å². The summed E-state index contributed by atoms with van der Waals surface area (Å²) >= 11 is 2.13. The van der Waals surface area contributed by atoms with Gasteiger partial charge >= 0.3 is 5.97 Å². The maximum Gasteiger partial charge on any atom is 0.332 e. The van der Waals surface area contributed by atoms with Crippen LogP contribution in [0.2, 0.25) is 0 Å². The molecule has 0 aromatic carbocycles. The van der Waals surface area contributed by atoms with E-state index in [0.717, 1.165) is 4.43 Å². The Morgan fingerprint density at radius 2 is 2.44 bits per heavy atom. The fourth-order valence-corrected chi connectivity index (χ4v) is 0.547. The summed E-state index contributed by atoms with van der Waals surface area (Å²) in [4.78, 5) is 10.1. The smallest absolute Gasteiger partial charge is 0.332 e. The topological polar surface area (TPSA) is 46.5 Å². The van der Waals surface area contributed by atoms with Gasteiger partial charge in [-0.05, 0) is 6.92 Å². The van der Waals surface area contributed by atoms with Gasteiger partial charge in [0.1, 0.15) is 0 Å². The van der Waals surface area contributed by atoms with E-state index in [2.05, 4.69) is 22.6 Å². The van der Waals surface area contributed by atoms with Crippen LogP contribution < -0.4 is 0 Å². The highest BCUT2D eigenvalue weighted by Crippen LogP contribution is 1.91. The quantitative estimate of drug-likeness (QED) is 0.590. The molecule has 3 nitrogen and oxygen atoms in total. The molecule has 0 aliphatic rings. The third kappa shape index (κ3) is 4.65. The molecule has 0 rings (SSSR count). The van der Waals surface area contributed by atoms with E-state index in [1.54, 1.807) is 0 Å². The normalized spacial score (nSPS) is 13.1. The highest BCUT2D eigenvalue weighted by molar-refractivity contribution is 14.1. The molecule has 0 saturated carbocycles. The summed E-state index contributed by atoms with van der Waals surface area (Å²) in [5, 5.41) is 8.28. The molecule has 1 N–H and O–H groups in total. The lowest BCUT2D eigenvalue weighted by Gasteiger charge is -2.04. The standard InChI is InChI=1S/C5H9IO3/c1-4(5(7)8)9-3-2-6/h4H,2-3H2,1H3,(H,7,8). The number of rotatable bonds is 4. The van der Waals surface area contributed by atoms with Crippen molar-refractivity contribution in [3.63, 3.8) is 0 Å². The van der Waals surface area contributed by atoms with Crippen LogP contribution in [0.3, 0.4) is 0 Å². The van der Waals surface area contributed by atoms with Gasteiger partial charge in [0, 0.05) is 4.43 Å². The molecule has 0 aromatic heterocycles. The summed E-state index contributed by atoms with van der Waals surface area (Å²) in [5.74, 6) is -0.903. The minimum atomic E-state index is -0.903. The summed E-state index contributed by atoms with van der Waals surface area (Å²) in [6.45, 7) is 2.03. The number of hydrogen-bond acceptors (Lipinski definition) is 2. The van der Waals surface area contributed by atoms with Crippen molar-refractivity contribution in [3.05, 3.63) is 0 Å². The number of carboxylic acids is 1. The van der Waals surface area contributed by atoms with Gasteiger partial charge in [-0.2, -0.15) is 0 Å². The van der Waals surface area contributed by atoms with Gasteiger partial charge in [0.2, 0.25) is 0 Å². The zero-order valence-corrected chi connectivity index (χ0v) is 7.29. The van der Waals surface area contributed by atoms with Crippen LogP contribution in [0.25, 0.3) is 0 Å². The Kier molecular flexibility index (Phi) is 5.07. The Labute approximate surface area is 67.5 Å². The van der Waals surface area contributed by atoms with Crippen LogP contribution in [0.5, 0.6) is 0 Å². The average Bonchev–Trinajstić information content (AvgIpc) is 1.82. The van der Waals surface area contributed by atoms with Crippen LogP contribution >= 0.6 is 22.6 Å². The third-order valence-electron chi connectivity index (χ3n) is 0.793. The molecule has 0 aromatic rings. The second kappa shape index (κ2) is 4.99. The van der Waals surface area contributed by atoms with E-state index in [0.29, 0.717) is 6.61 Å². The predicted molar refractivity (Wildman–Crippen MR) is 41.9 cm³/mol. The van der Waals surface area contributed by atoms with Crippen molar-refractivity contribution < 1.29 is 14.6 Å². The largest absolute Gasteiger partial charge is 0.479 e. The number of ether oxygens (including phenoxy) is 1. The zero-order valence-electron chi connectivity index (χ0n) is 5.13. The minimum Gasteiger partial charge on any atom is -0.479 e. The second-order valence-electron chi connectivity index (χ2n) is 1.54. The van der Waals surface area contributed by atoms with Crippen LogP contribution in [0.1, 0.15) is 6.92 Å². The minimum absolute atomic E-state index is 0.508. The summed E-state index contributed by atoms with van der Waals surface area (Å²) in [6.07, 6.45) is -0.667. The molecule has 54 valence electrons. The molecule has 0 amide bonds. The van der Waals surface area contributed by atoms with Crippen LogP contribution in [-0.2, 0) is 9.53 Å². The van der Waals surface area contributed by atoms with Gasteiger partial charge < -0.3 is 9.84 Å². The first-order valence-corrected chi connectivity index (χ1v) is 4.11. The Balaban J connectivity index is 3.27. The van der Waals surface area contributed by atoms with Crippen molar-refractivity contribution >= 4 is 28.6 Å². The maximum absolute atomic E-state index is 10.1. The number of carbonyl (C=O) groups is 1. The lowest BCUT2D eigenvalue weighted by molar-refractivity contribution is -0.148. The van der Waals surface area contributed by atoms with E-state index < -0.39 is 12.1 Å². The van der Waals surface area contributed by atoms with Gasteiger partial charge in [0.15, 0.2) is 6.10 Å². The highest BCUT2D eigenvalue weighted by Gasteiger charge is 2.08. The number of alkyl halides is 1. The van der Waals surface area contributed by atoms with Crippen molar-refractivity contribution in [3.8, 4) is 0 Å². The van der Waals surface area contributed by atoms with Crippen LogP contribution in [0.4, 0.5) is 0 Å². The SMILES string of the molecule is CC(OCCI)C(=O)O. The summed E-state index contributed by atoms with van der Waals surface area (Å²) in [7, 11) is 0. The molecule has 0 bridgehead atoms. The lowest BCUT2D eigenvalue weighted by atomic mass is 10.4. The van der Waals surface area contributed by atoms with E-state index >= 15 is 0 Å². The van der Waals surface area contributed by atoms with Crippen LogP contribution in [-0.4, -0.2) is 28.2 Å². The first-order chi connectivity index (χ1) is 4.18. The van der Waals surface area contributed by atoms with Crippen molar-refractivity contribution in [1.29, 1.82) is 0 Å². The Morgan fingerprint density at radius 3 is 2.78 bits per heavy atom. The molecule has 9 heavy (non-hydrogen) atoms. The van der Waals surface area contributed by atoms with Gasteiger partial charge in [-0.25, -0.2) is 4.79 Å². The first-order valence-electron chi connectivity index (χ1n) is 2.59. The molecule has 0 fully saturated rings. The molecule has 0 saturated heterocycles. The highest BCUT2D eigenvalue weighted by atomic mass is 127. The predicted octanol–water partition coefficient (Wildman–Crippen LogP) is 0.911. The molecule has 0 spiro atoms. The molecule has 1 unspecified atom stereocenters. The van der Waals surface area contributed by atoms with E-state index in [1.807, 2.05) is 0 Å². The summed E-state index contributed by atoms with van der Waals surface area (Å²) in [5.41, 5.74) is 0. The number of halogens is 1. The van der Waals surface area contributed by atoms with E-state index in [-0.39, 0.29) is 0 Å². The van der Waals surface area contributed by atoms with E-state index in [4.69, 9.17) is 9.84 Å². The van der Waals surface area contributed by atoms with Crippen molar-refractivity contribution in [2.24, 2.45) is 0 Å². The second-order valence-corrected chi connectivity index (χ2v) is 2.62. The van der Waals surface area contributed by atoms with Crippen molar-refractivity contribution in [1.82, 2.24) is 0 Å². The fourth-order valence-electron chi connectivity index (χ4n) is 0.293. The number of aliphatic carboxylic acids is 1. The zero-order chi connectivity index (χ0) is 7.28. The van der Waals surface area contributed by atoms with Gasteiger partial charge in [-0.1, -0.05) is 22.6 Å². The van der Waals surface area contributed by atoms with E-state index in [1.165, 1.54) is 6.92 Å². The molecule has 0 heterocycles. The molecule has 0 radical (unpaired) electrons. The number of carboxylic acid groups (broad SMARTS) is 1. The van der Waals surface area contributed by atoms with E-state index in [9.17, 15) is 4.79 Å². The summed E-state index contributed by atoms with van der Waals surface area (Å²) < 4.78 is 5.67. The third-order valence-corrected chi connectivity index (χ3v) is 1.23. The lowest BCUT2D eigenvalue weighted by Crippen LogP contribution is -2.20. The Bertz CT molecular complexity index is 94.2. The molecule has 0 aliphatic carbocycles. The molecule has 0 aliphatic heterocycles. The van der Waals surface area contributed by atoms with Crippen LogP contribution in [0.15, 0.2) is 0 Å². The average molecular weight is 244 g/mol. The molecular weight excluding hydrogens is 235 g/mol. The van der Waals surface area contributed by atoms with Gasteiger partial charge in [0.25, 0.3) is 0 Å². The van der Waals surface area contributed by atoms with Gasteiger partial charge in [0.05, 0.1) is 6.61 Å². The molecule has 4 heteroatoms. The Hall–Kier alpha value is 0.160. The molecular formula is C5H9IO3. The van der Waals surface area contributed by atoms with Gasteiger partial charge in [-0.15, -0.1) is 0 Å². The summed E-state index contributed by atoms with van der Waals surface area (Å²) in [6, 6.07) is 0.